The van der Waals surface area contributed by atoms with Crippen LogP contribution in [0.3, 0.4) is 0 Å². The Bertz CT molecular complexity index is 750. The number of ether oxygens (including phenoxy) is 2. The molecule has 1 aromatic carbocycles. The number of carboxylic acid groups (broad SMARTS) is 2. The van der Waals surface area contributed by atoms with Gasteiger partial charge in [0.25, 0.3) is 0 Å². The number of nitrogens with one attached hydrogen (secondary N) is 2. The molecule has 1 rings (SSSR count). The van der Waals surface area contributed by atoms with Gasteiger partial charge in [-0.2, -0.15) is 0 Å². The van der Waals surface area contributed by atoms with Crippen LogP contribution in [0.2, 0.25) is 10.0 Å². The molecule has 0 heterocycles. The fraction of sp³-hybridized carbons (Fsp3) is 0.526. The Hall–Kier alpha value is -2.11. The largest absolute Gasteiger partial charge is 0.480 e. The molecule has 0 saturated heterocycles. The normalized spacial score (nSPS) is 13.8. The molecule has 0 radical (unpaired) electrons. The number of rotatable bonds is 15. The van der Waals surface area contributed by atoms with Gasteiger partial charge in [0.05, 0.1) is 5.02 Å². The van der Waals surface area contributed by atoms with Gasteiger partial charge in [-0.3, -0.25) is 4.79 Å². The van der Waals surface area contributed by atoms with Crippen LogP contribution in [0.1, 0.15) is 19.8 Å². The summed E-state index contributed by atoms with van der Waals surface area (Å²) in [6.07, 6.45) is -1.45. The number of hydrogen-bond acceptors (Lipinski definition) is 8. The summed E-state index contributed by atoms with van der Waals surface area (Å²) in [6, 6.07) is 3.45. The second kappa shape index (κ2) is 14.0. The van der Waals surface area contributed by atoms with Crippen LogP contribution in [0, 0.1) is 0 Å². The van der Waals surface area contributed by atoms with Gasteiger partial charge >= 0.3 is 17.9 Å². The van der Waals surface area contributed by atoms with E-state index in [-0.39, 0.29) is 43.7 Å². The van der Waals surface area contributed by atoms with E-state index in [1.54, 1.807) is 13.0 Å². The van der Waals surface area contributed by atoms with Crippen molar-refractivity contribution >= 4 is 41.1 Å². The molecule has 0 aliphatic carbocycles. The molecule has 3 atom stereocenters. The average molecular weight is 481 g/mol. The van der Waals surface area contributed by atoms with Crippen molar-refractivity contribution in [1.82, 2.24) is 10.6 Å². The molecule has 10 nitrogen and oxygen atoms in total. The van der Waals surface area contributed by atoms with E-state index in [1.807, 2.05) is 0 Å². The van der Waals surface area contributed by atoms with Crippen LogP contribution in [0.5, 0.6) is 5.75 Å². The summed E-state index contributed by atoms with van der Waals surface area (Å²) < 4.78 is 10.4. The molecule has 0 unspecified atom stereocenters. The summed E-state index contributed by atoms with van der Waals surface area (Å²) >= 11 is 11.7. The van der Waals surface area contributed by atoms with Crippen LogP contribution in [-0.2, 0) is 19.1 Å². The standard InChI is InChI=1S/C19H26Cl2N2O8/c1-11(9-31-17(25)10-30-16-3-2-12(20)8-13(16)21)22-6-4-14(18(26)27)23-7-5-15(24)19(28)29/h2-3,8,11,14-15,22-24H,4-7,9-10H2,1H3,(H,26,27)(H,28,29)/t11-,14+,15+/m1/s1. The van der Waals surface area contributed by atoms with Crippen molar-refractivity contribution < 1.29 is 39.2 Å². The third kappa shape index (κ3) is 11.2. The van der Waals surface area contributed by atoms with Crippen LogP contribution >= 0.6 is 23.2 Å². The lowest BCUT2D eigenvalue weighted by Gasteiger charge is -2.18. The highest BCUT2D eigenvalue weighted by molar-refractivity contribution is 6.35. The first-order chi connectivity index (χ1) is 14.6. The summed E-state index contributed by atoms with van der Waals surface area (Å²) in [5.74, 6) is -2.75. The van der Waals surface area contributed by atoms with Gasteiger partial charge in [-0.25, -0.2) is 9.59 Å². The quantitative estimate of drug-likeness (QED) is 0.231. The third-order valence-corrected chi connectivity index (χ3v) is 4.58. The molecular formula is C19H26Cl2N2O8. The first-order valence-corrected chi connectivity index (χ1v) is 10.2. The molecule has 0 fully saturated rings. The lowest BCUT2D eigenvalue weighted by atomic mass is 10.2. The minimum Gasteiger partial charge on any atom is -0.480 e. The number of aliphatic hydroxyl groups is 1. The second-order valence-corrected chi connectivity index (χ2v) is 7.52. The molecule has 1 aromatic rings. The Kier molecular flexibility index (Phi) is 12.2. The first-order valence-electron chi connectivity index (χ1n) is 9.44. The fourth-order valence-corrected chi connectivity index (χ4v) is 2.82. The summed E-state index contributed by atoms with van der Waals surface area (Å²) in [7, 11) is 0. The van der Waals surface area contributed by atoms with Gasteiger partial charge in [0, 0.05) is 11.1 Å². The van der Waals surface area contributed by atoms with E-state index in [0.29, 0.717) is 17.3 Å². The van der Waals surface area contributed by atoms with Gasteiger partial charge in [0.2, 0.25) is 0 Å². The van der Waals surface area contributed by atoms with Crippen LogP contribution < -0.4 is 15.4 Å². The zero-order valence-corrected chi connectivity index (χ0v) is 18.4. The smallest absolute Gasteiger partial charge is 0.344 e. The molecule has 5 N–H and O–H groups in total. The highest BCUT2D eigenvalue weighted by atomic mass is 35.5. The molecule has 0 amide bonds. The second-order valence-electron chi connectivity index (χ2n) is 6.68. The number of aliphatic hydroxyl groups excluding tert-OH is 1. The van der Waals surface area contributed by atoms with E-state index < -0.39 is 30.1 Å². The Morgan fingerprint density at radius 2 is 1.74 bits per heavy atom. The maximum Gasteiger partial charge on any atom is 0.344 e. The minimum atomic E-state index is -1.55. The Labute approximate surface area is 189 Å². The maximum atomic E-state index is 11.8. The number of esters is 1. The summed E-state index contributed by atoms with van der Waals surface area (Å²) in [4.78, 5) is 33.6. The number of benzene rings is 1. The monoisotopic (exact) mass is 480 g/mol. The molecule has 0 bridgehead atoms. The minimum absolute atomic E-state index is 0.0369. The van der Waals surface area contributed by atoms with Crippen LogP contribution in [0.15, 0.2) is 18.2 Å². The first kappa shape index (κ1) is 26.9. The molecule has 0 saturated carbocycles. The van der Waals surface area contributed by atoms with E-state index in [1.165, 1.54) is 12.1 Å². The Morgan fingerprint density at radius 3 is 2.35 bits per heavy atom. The van der Waals surface area contributed by atoms with Crippen LogP contribution in [-0.4, -0.2) is 77.7 Å². The van der Waals surface area contributed by atoms with Crippen molar-refractivity contribution in [2.24, 2.45) is 0 Å². The predicted octanol–water partition coefficient (Wildman–Crippen LogP) is 1.16. The van der Waals surface area contributed by atoms with Crippen molar-refractivity contribution in [2.75, 3.05) is 26.3 Å². The van der Waals surface area contributed by atoms with E-state index >= 15 is 0 Å². The van der Waals surface area contributed by atoms with Crippen molar-refractivity contribution in [3.05, 3.63) is 28.2 Å². The zero-order valence-electron chi connectivity index (χ0n) is 16.8. The topological polar surface area (TPSA) is 154 Å². The highest BCUT2D eigenvalue weighted by Gasteiger charge is 2.19. The fourth-order valence-electron chi connectivity index (χ4n) is 2.35. The van der Waals surface area contributed by atoms with Crippen molar-refractivity contribution in [3.63, 3.8) is 0 Å². The number of carboxylic acids is 2. The number of carbonyl (C=O) groups is 3. The summed E-state index contributed by atoms with van der Waals surface area (Å²) in [5, 5.41) is 33.4. The van der Waals surface area contributed by atoms with Gasteiger partial charge < -0.3 is 35.4 Å². The van der Waals surface area contributed by atoms with Gasteiger partial charge in [0.1, 0.15) is 18.4 Å². The van der Waals surface area contributed by atoms with Crippen molar-refractivity contribution in [1.29, 1.82) is 0 Å². The lowest BCUT2D eigenvalue weighted by Crippen LogP contribution is -2.42. The van der Waals surface area contributed by atoms with Gasteiger partial charge in [-0.1, -0.05) is 23.2 Å². The molecule has 0 aromatic heterocycles. The molecule has 31 heavy (non-hydrogen) atoms. The van der Waals surface area contributed by atoms with E-state index in [9.17, 15) is 24.6 Å². The Balaban J connectivity index is 2.25. The van der Waals surface area contributed by atoms with Crippen LogP contribution in [0.25, 0.3) is 0 Å². The number of aliphatic carboxylic acids is 2. The molecule has 174 valence electrons. The van der Waals surface area contributed by atoms with Gasteiger partial charge in [0.15, 0.2) is 12.7 Å². The average Bonchev–Trinajstić information content (AvgIpc) is 2.70. The van der Waals surface area contributed by atoms with Crippen molar-refractivity contribution in [3.8, 4) is 5.75 Å². The third-order valence-electron chi connectivity index (χ3n) is 4.05. The van der Waals surface area contributed by atoms with Gasteiger partial charge in [-0.15, -0.1) is 0 Å². The van der Waals surface area contributed by atoms with E-state index in [4.69, 9.17) is 37.8 Å². The molecule has 0 aliphatic rings. The van der Waals surface area contributed by atoms with Crippen LogP contribution in [0.4, 0.5) is 0 Å². The number of halogens is 2. The summed E-state index contributed by atoms with van der Waals surface area (Å²) in [6.45, 7) is 1.82. The molecule has 0 aliphatic heterocycles. The SMILES string of the molecule is C[C@H](COC(=O)COc1ccc(Cl)cc1Cl)NCC[C@H](NCC[C@H](O)C(=O)O)C(=O)O. The Morgan fingerprint density at radius 1 is 1.06 bits per heavy atom. The molecule has 12 heteroatoms. The predicted molar refractivity (Wildman–Crippen MR) is 113 cm³/mol. The van der Waals surface area contributed by atoms with Gasteiger partial charge in [-0.05, 0) is 51.1 Å². The lowest BCUT2D eigenvalue weighted by molar-refractivity contribution is -0.147. The van der Waals surface area contributed by atoms with Crippen molar-refractivity contribution in [2.45, 2.75) is 38.0 Å². The van der Waals surface area contributed by atoms with E-state index in [0.717, 1.165) is 0 Å². The highest BCUT2D eigenvalue weighted by Crippen LogP contribution is 2.27. The summed E-state index contributed by atoms with van der Waals surface area (Å²) in [5.41, 5.74) is 0. The number of carbonyl (C=O) groups excluding carboxylic acids is 1. The molecule has 0 spiro atoms. The zero-order chi connectivity index (χ0) is 23.4. The number of hydrogen-bond donors (Lipinski definition) is 5. The van der Waals surface area contributed by atoms with E-state index in [2.05, 4.69) is 10.6 Å². The molecular weight excluding hydrogens is 455 g/mol. The maximum absolute atomic E-state index is 11.8.